The number of halogens is 1. The molecule has 0 aliphatic carbocycles. The molecule has 20 heavy (non-hydrogen) atoms. The van der Waals surface area contributed by atoms with Crippen molar-refractivity contribution in [1.29, 1.82) is 0 Å². The number of rotatable bonds is 1. The summed E-state index contributed by atoms with van der Waals surface area (Å²) in [5.74, 6) is 0.375. The minimum Gasteiger partial charge on any atom is -0.366 e. The van der Waals surface area contributed by atoms with E-state index in [1.54, 1.807) is 24.5 Å². The summed E-state index contributed by atoms with van der Waals surface area (Å²) in [6.45, 7) is 1.86. The summed E-state index contributed by atoms with van der Waals surface area (Å²) in [5, 5.41) is 0.226. The minimum absolute atomic E-state index is 0.226. The first-order chi connectivity index (χ1) is 9.56. The number of nitrogens with one attached hydrogen (secondary N) is 1. The van der Waals surface area contributed by atoms with Gasteiger partial charge in [0, 0.05) is 12.4 Å². The molecule has 0 fully saturated rings. The summed E-state index contributed by atoms with van der Waals surface area (Å²) < 4.78 is 0. The van der Waals surface area contributed by atoms with Gasteiger partial charge in [-0.05, 0) is 30.7 Å². The highest BCUT2D eigenvalue weighted by atomic mass is 35.5. The van der Waals surface area contributed by atoms with Crippen molar-refractivity contribution in [1.82, 2.24) is 24.9 Å². The molecule has 0 atom stereocenters. The molecule has 0 saturated heterocycles. The highest BCUT2D eigenvalue weighted by Crippen LogP contribution is 2.08. The molecule has 0 spiro atoms. The highest BCUT2D eigenvalue weighted by Gasteiger charge is 2.00. The van der Waals surface area contributed by atoms with E-state index in [-0.39, 0.29) is 5.28 Å². The largest absolute Gasteiger partial charge is 0.366 e. The standard InChI is InChI=1S/C6H5ClN4.C6H6N2O/c1-3-9-4-2-8-6(7)11-5(4)10-3;7-6(9)5-2-1-3-8-4-5/h2H,1H3,(H,8,9,10,11);1-4H,(H2,7,9). The van der Waals surface area contributed by atoms with Crippen LogP contribution in [0.5, 0.6) is 0 Å². The SMILES string of the molecule is Cc1nc2nc(Cl)ncc2[nH]1.NC(=O)c1cccnc1. The van der Waals surface area contributed by atoms with Gasteiger partial charge in [-0.2, -0.15) is 4.98 Å². The van der Waals surface area contributed by atoms with Gasteiger partial charge >= 0.3 is 0 Å². The van der Waals surface area contributed by atoms with Gasteiger partial charge in [0.25, 0.3) is 0 Å². The van der Waals surface area contributed by atoms with E-state index in [9.17, 15) is 4.79 Å². The molecule has 8 heteroatoms. The Morgan fingerprint density at radius 1 is 1.35 bits per heavy atom. The van der Waals surface area contributed by atoms with Gasteiger partial charge in [0.1, 0.15) is 11.3 Å². The summed E-state index contributed by atoms with van der Waals surface area (Å²) in [5.41, 5.74) is 6.80. The summed E-state index contributed by atoms with van der Waals surface area (Å²) in [6, 6.07) is 3.29. The van der Waals surface area contributed by atoms with Crippen molar-refractivity contribution in [2.45, 2.75) is 6.92 Å². The van der Waals surface area contributed by atoms with Crippen LogP contribution in [0, 0.1) is 6.92 Å². The Kier molecular flexibility index (Phi) is 4.21. The van der Waals surface area contributed by atoms with Crippen LogP contribution in [-0.2, 0) is 0 Å². The zero-order valence-corrected chi connectivity index (χ0v) is 11.3. The molecule has 0 radical (unpaired) electrons. The Labute approximate surface area is 119 Å². The lowest BCUT2D eigenvalue weighted by atomic mass is 10.3. The van der Waals surface area contributed by atoms with Gasteiger partial charge in [0.05, 0.1) is 11.8 Å². The molecular formula is C12H11ClN6O. The van der Waals surface area contributed by atoms with Crippen molar-refractivity contribution < 1.29 is 4.79 Å². The van der Waals surface area contributed by atoms with Gasteiger partial charge in [-0.1, -0.05) is 0 Å². The van der Waals surface area contributed by atoms with Crippen LogP contribution in [0.4, 0.5) is 0 Å². The smallest absolute Gasteiger partial charge is 0.250 e. The van der Waals surface area contributed by atoms with Crippen LogP contribution in [0.15, 0.2) is 30.7 Å². The Morgan fingerprint density at radius 2 is 2.15 bits per heavy atom. The van der Waals surface area contributed by atoms with E-state index in [0.29, 0.717) is 11.2 Å². The predicted molar refractivity (Wildman–Crippen MR) is 74.2 cm³/mol. The third kappa shape index (κ3) is 3.48. The number of aromatic nitrogens is 5. The maximum absolute atomic E-state index is 10.4. The van der Waals surface area contributed by atoms with Crippen molar-refractivity contribution in [2.24, 2.45) is 5.73 Å². The number of hydrogen-bond acceptors (Lipinski definition) is 5. The third-order valence-electron chi connectivity index (χ3n) is 2.27. The second-order valence-corrected chi connectivity index (χ2v) is 4.14. The van der Waals surface area contributed by atoms with Crippen molar-refractivity contribution in [3.8, 4) is 0 Å². The van der Waals surface area contributed by atoms with Crippen LogP contribution >= 0.6 is 11.6 Å². The van der Waals surface area contributed by atoms with Crippen LogP contribution in [-0.4, -0.2) is 30.8 Å². The lowest BCUT2D eigenvalue weighted by molar-refractivity contribution is 0.1000. The molecule has 0 aliphatic heterocycles. The lowest BCUT2D eigenvalue weighted by Gasteiger charge is -1.88. The van der Waals surface area contributed by atoms with Crippen LogP contribution in [0.1, 0.15) is 16.2 Å². The predicted octanol–water partition coefficient (Wildman–Crippen LogP) is 1.50. The first-order valence-corrected chi connectivity index (χ1v) is 5.99. The van der Waals surface area contributed by atoms with E-state index in [1.807, 2.05) is 6.92 Å². The number of fused-ring (bicyclic) bond motifs is 1. The fraction of sp³-hybridized carbons (Fsp3) is 0.0833. The van der Waals surface area contributed by atoms with Gasteiger partial charge in [0.2, 0.25) is 11.2 Å². The molecule has 1 amide bonds. The normalized spacial score (nSPS) is 9.90. The minimum atomic E-state index is -0.442. The van der Waals surface area contributed by atoms with Crippen LogP contribution in [0.2, 0.25) is 5.28 Å². The molecule has 0 bridgehead atoms. The quantitative estimate of drug-likeness (QED) is 0.660. The number of H-pyrrole nitrogens is 1. The molecule has 102 valence electrons. The molecule has 3 N–H and O–H groups in total. The third-order valence-corrected chi connectivity index (χ3v) is 2.46. The van der Waals surface area contributed by atoms with Crippen LogP contribution in [0.3, 0.4) is 0 Å². The van der Waals surface area contributed by atoms with E-state index in [1.165, 1.54) is 6.20 Å². The lowest BCUT2D eigenvalue weighted by Crippen LogP contribution is -2.10. The number of carbonyl (C=O) groups is 1. The number of hydrogen-bond donors (Lipinski definition) is 2. The topological polar surface area (TPSA) is 110 Å². The van der Waals surface area contributed by atoms with Crippen LogP contribution < -0.4 is 5.73 Å². The molecule has 0 aromatic carbocycles. The first kappa shape index (κ1) is 13.9. The zero-order chi connectivity index (χ0) is 14.5. The molecule has 3 rings (SSSR count). The average molecular weight is 291 g/mol. The molecule has 0 aliphatic rings. The number of pyridine rings is 1. The number of aryl methyl sites for hydroxylation is 1. The number of nitrogens with zero attached hydrogens (tertiary/aromatic N) is 4. The van der Waals surface area contributed by atoms with E-state index < -0.39 is 5.91 Å². The van der Waals surface area contributed by atoms with Gasteiger partial charge in [-0.25, -0.2) is 9.97 Å². The second-order valence-electron chi connectivity index (χ2n) is 3.80. The van der Waals surface area contributed by atoms with E-state index >= 15 is 0 Å². The monoisotopic (exact) mass is 290 g/mol. The maximum Gasteiger partial charge on any atom is 0.250 e. The molecular weight excluding hydrogens is 280 g/mol. The van der Waals surface area contributed by atoms with Gasteiger partial charge in [0.15, 0.2) is 5.65 Å². The summed E-state index contributed by atoms with van der Waals surface area (Å²) in [7, 11) is 0. The Hall–Kier alpha value is -2.54. The average Bonchev–Trinajstić information content (AvgIpc) is 2.79. The van der Waals surface area contributed by atoms with Crippen molar-refractivity contribution >= 4 is 28.7 Å². The number of primary amides is 1. The second kappa shape index (κ2) is 6.07. The summed E-state index contributed by atoms with van der Waals surface area (Å²) in [6.07, 6.45) is 4.64. The van der Waals surface area contributed by atoms with Gasteiger partial charge < -0.3 is 10.7 Å². The molecule has 3 heterocycles. The van der Waals surface area contributed by atoms with Crippen molar-refractivity contribution in [3.05, 3.63) is 47.4 Å². The Balaban J connectivity index is 0.000000151. The fourth-order valence-electron chi connectivity index (χ4n) is 1.42. The first-order valence-electron chi connectivity index (χ1n) is 5.61. The van der Waals surface area contributed by atoms with Crippen molar-refractivity contribution in [3.63, 3.8) is 0 Å². The van der Waals surface area contributed by atoms with Crippen LogP contribution in [0.25, 0.3) is 11.2 Å². The van der Waals surface area contributed by atoms with E-state index in [4.69, 9.17) is 17.3 Å². The van der Waals surface area contributed by atoms with Gasteiger partial charge in [-0.3, -0.25) is 9.78 Å². The summed E-state index contributed by atoms with van der Waals surface area (Å²) in [4.78, 5) is 28.9. The number of nitrogens with two attached hydrogens (primary N) is 1. The van der Waals surface area contributed by atoms with Gasteiger partial charge in [-0.15, -0.1) is 0 Å². The Bertz CT molecular complexity index is 727. The van der Waals surface area contributed by atoms with E-state index in [2.05, 4.69) is 24.9 Å². The summed E-state index contributed by atoms with van der Waals surface area (Å²) >= 11 is 5.55. The number of carbonyl (C=O) groups excluding carboxylic acids is 1. The maximum atomic E-state index is 10.4. The number of aromatic amines is 1. The van der Waals surface area contributed by atoms with Crippen molar-refractivity contribution in [2.75, 3.05) is 0 Å². The number of amides is 1. The molecule has 3 aromatic rings. The molecule has 3 aromatic heterocycles. The highest BCUT2D eigenvalue weighted by molar-refractivity contribution is 6.28. The zero-order valence-electron chi connectivity index (χ0n) is 10.5. The van der Waals surface area contributed by atoms with E-state index in [0.717, 1.165) is 11.3 Å². The molecule has 0 saturated carbocycles. The molecule has 7 nitrogen and oxygen atoms in total. The Morgan fingerprint density at radius 3 is 2.75 bits per heavy atom. The fourth-order valence-corrected chi connectivity index (χ4v) is 1.54. The molecule has 0 unspecified atom stereocenters. The number of imidazole rings is 1.